The average molecular weight is 293 g/mol. The van der Waals surface area contributed by atoms with Gasteiger partial charge in [-0.1, -0.05) is 18.2 Å². The zero-order chi connectivity index (χ0) is 14.6. The Morgan fingerprint density at radius 2 is 1.85 bits per heavy atom. The maximum absolute atomic E-state index is 12.3. The van der Waals surface area contributed by atoms with Gasteiger partial charge in [-0.15, -0.1) is 0 Å². The lowest BCUT2D eigenvalue weighted by atomic mass is 10.1. The Labute approximate surface area is 117 Å². The van der Waals surface area contributed by atoms with E-state index in [2.05, 4.69) is 0 Å². The van der Waals surface area contributed by atoms with Gasteiger partial charge in [-0.2, -0.15) is 0 Å². The van der Waals surface area contributed by atoms with Gasteiger partial charge in [-0.05, 0) is 36.6 Å². The predicted molar refractivity (Wildman–Crippen MR) is 74.0 cm³/mol. The molecule has 2 aromatic rings. The minimum absolute atomic E-state index is 0.0800. The lowest BCUT2D eigenvalue weighted by Gasteiger charge is -2.04. The first-order chi connectivity index (χ1) is 9.50. The van der Waals surface area contributed by atoms with E-state index in [0.717, 1.165) is 5.56 Å². The fourth-order valence-electron chi connectivity index (χ4n) is 1.87. The molecule has 0 atom stereocenters. The summed E-state index contributed by atoms with van der Waals surface area (Å²) in [5.74, 6) is -0.846. The van der Waals surface area contributed by atoms with Crippen LogP contribution in [0.4, 0.5) is 0 Å². The number of aryl methyl sites for hydroxylation is 1. The standard InChI is InChI=1S/C14H15NO4S/c16-14(17)8-4-5-12-9-10-15(11-12)20(18,19)13-6-2-1-3-7-13/h1-3,6-7,9-11H,4-5,8H2,(H,16,17). The largest absolute Gasteiger partial charge is 0.481 e. The summed E-state index contributed by atoms with van der Waals surface area (Å²) in [7, 11) is -3.56. The summed E-state index contributed by atoms with van der Waals surface area (Å²) in [4.78, 5) is 10.7. The molecule has 1 aromatic carbocycles. The molecular weight excluding hydrogens is 278 g/mol. The molecule has 0 saturated carbocycles. The lowest BCUT2D eigenvalue weighted by Crippen LogP contribution is -2.10. The third kappa shape index (κ3) is 3.27. The third-order valence-corrected chi connectivity index (χ3v) is 4.55. The van der Waals surface area contributed by atoms with Crippen molar-refractivity contribution in [1.29, 1.82) is 0 Å². The van der Waals surface area contributed by atoms with Crippen LogP contribution in [-0.2, 0) is 21.2 Å². The second-order valence-electron chi connectivity index (χ2n) is 4.42. The van der Waals surface area contributed by atoms with Crippen molar-refractivity contribution in [2.75, 3.05) is 0 Å². The Bertz CT molecular complexity index is 689. The van der Waals surface area contributed by atoms with Crippen molar-refractivity contribution < 1.29 is 18.3 Å². The highest BCUT2D eigenvalue weighted by Crippen LogP contribution is 2.15. The molecule has 0 unspecified atom stereocenters. The number of carboxylic acid groups (broad SMARTS) is 1. The Morgan fingerprint density at radius 3 is 2.50 bits per heavy atom. The zero-order valence-corrected chi connectivity index (χ0v) is 11.6. The molecule has 0 spiro atoms. The summed E-state index contributed by atoms with van der Waals surface area (Å²) in [6.07, 6.45) is 4.13. The Balaban J connectivity index is 2.14. The molecule has 1 aromatic heterocycles. The number of hydrogen-bond acceptors (Lipinski definition) is 3. The number of carboxylic acids is 1. The molecule has 2 rings (SSSR count). The van der Waals surface area contributed by atoms with Crippen LogP contribution in [0.25, 0.3) is 0 Å². The number of rotatable bonds is 6. The summed E-state index contributed by atoms with van der Waals surface area (Å²) in [5.41, 5.74) is 0.811. The topological polar surface area (TPSA) is 76.4 Å². The molecule has 0 aliphatic heterocycles. The third-order valence-electron chi connectivity index (χ3n) is 2.90. The first-order valence-electron chi connectivity index (χ1n) is 6.19. The van der Waals surface area contributed by atoms with Crippen LogP contribution in [0, 0.1) is 0 Å². The summed E-state index contributed by atoms with van der Waals surface area (Å²) in [6.45, 7) is 0. The van der Waals surface area contributed by atoms with Crippen molar-refractivity contribution >= 4 is 16.0 Å². The van der Waals surface area contributed by atoms with Crippen LogP contribution < -0.4 is 0 Å². The molecule has 1 heterocycles. The Hall–Kier alpha value is -2.08. The van der Waals surface area contributed by atoms with Crippen molar-refractivity contribution in [1.82, 2.24) is 3.97 Å². The van der Waals surface area contributed by atoms with Crippen LogP contribution in [0.3, 0.4) is 0 Å². The van der Waals surface area contributed by atoms with E-state index in [-0.39, 0.29) is 11.3 Å². The summed E-state index contributed by atoms with van der Waals surface area (Å²) >= 11 is 0. The highest BCUT2D eigenvalue weighted by atomic mass is 32.2. The Kier molecular flexibility index (Phi) is 4.24. The zero-order valence-electron chi connectivity index (χ0n) is 10.8. The quantitative estimate of drug-likeness (QED) is 0.885. The molecule has 0 fully saturated rings. The number of nitrogens with zero attached hydrogens (tertiary/aromatic N) is 1. The van der Waals surface area contributed by atoms with Crippen molar-refractivity contribution in [3.05, 3.63) is 54.4 Å². The van der Waals surface area contributed by atoms with Gasteiger partial charge >= 0.3 is 5.97 Å². The van der Waals surface area contributed by atoms with Crippen LogP contribution in [0.5, 0.6) is 0 Å². The smallest absolute Gasteiger partial charge is 0.303 e. The molecule has 5 nitrogen and oxygen atoms in total. The van der Waals surface area contributed by atoms with Crippen LogP contribution in [0.2, 0.25) is 0 Å². The van der Waals surface area contributed by atoms with Gasteiger partial charge < -0.3 is 5.11 Å². The molecule has 0 aliphatic rings. The minimum Gasteiger partial charge on any atom is -0.481 e. The van der Waals surface area contributed by atoms with E-state index in [1.807, 2.05) is 0 Å². The van der Waals surface area contributed by atoms with E-state index < -0.39 is 16.0 Å². The van der Waals surface area contributed by atoms with Gasteiger partial charge in [-0.3, -0.25) is 4.79 Å². The molecule has 1 N–H and O–H groups in total. The molecule has 106 valence electrons. The summed E-state index contributed by atoms with van der Waals surface area (Å²) in [6, 6.07) is 9.88. The maximum Gasteiger partial charge on any atom is 0.303 e. The van der Waals surface area contributed by atoms with Crippen molar-refractivity contribution in [2.45, 2.75) is 24.2 Å². The summed E-state index contributed by atoms with van der Waals surface area (Å²) in [5, 5.41) is 8.57. The van der Waals surface area contributed by atoms with E-state index in [1.54, 1.807) is 36.4 Å². The number of aromatic nitrogens is 1. The van der Waals surface area contributed by atoms with Gasteiger partial charge in [-0.25, -0.2) is 12.4 Å². The average Bonchev–Trinajstić information content (AvgIpc) is 2.89. The first-order valence-corrected chi connectivity index (χ1v) is 7.63. The first kappa shape index (κ1) is 14.3. The van der Waals surface area contributed by atoms with E-state index in [9.17, 15) is 13.2 Å². The van der Waals surface area contributed by atoms with Crippen molar-refractivity contribution in [3.8, 4) is 0 Å². The predicted octanol–water partition coefficient (Wildman–Crippen LogP) is 2.13. The van der Waals surface area contributed by atoms with Gasteiger partial charge in [0.05, 0.1) is 4.90 Å². The van der Waals surface area contributed by atoms with Gasteiger partial charge in [0.25, 0.3) is 10.0 Å². The Morgan fingerprint density at radius 1 is 1.15 bits per heavy atom. The van der Waals surface area contributed by atoms with Crippen LogP contribution in [0.1, 0.15) is 18.4 Å². The molecule has 0 saturated heterocycles. The van der Waals surface area contributed by atoms with E-state index >= 15 is 0 Å². The number of aliphatic carboxylic acids is 1. The van der Waals surface area contributed by atoms with Crippen molar-refractivity contribution in [3.63, 3.8) is 0 Å². The fraction of sp³-hybridized carbons (Fsp3) is 0.214. The number of benzene rings is 1. The van der Waals surface area contributed by atoms with Gasteiger partial charge in [0.1, 0.15) is 0 Å². The highest BCUT2D eigenvalue weighted by Gasteiger charge is 2.15. The van der Waals surface area contributed by atoms with E-state index in [0.29, 0.717) is 12.8 Å². The van der Waals surface area contributed by atoms with Crippen LogP contribution >= 0.6 is 0 Å². The van der Waals surface area contributed by atoms with E-state index in [1.165, 1.54) is 16.4 Å². The number of hydrogen-bond donors (Lipinski definition) is 1. The maximum atomic E-state index is 12.3. The molecule has 20 heavy (non-hydrogen) atoms. The normalized spacial score (nSPS) is 11.4. The molecule has 0 amide bonds. The molecule has 0 bridgehead atoms. The van der Waals surface area contributed by atoms with Crippen LogP contribution in [0.15, 0.2) is 53.7 Å². The SMILES string of the molecule is O=C(O)CCCc1ccn(S(=O)(=O)c2ccccc2)c1. The van der Waals surface area contributed by atoms with Gasteiger partial charge in [0.2, 0.25) is 0 Å². The fourth-order valence-corrected chi connectivity index (χ4v) is 3.11. The molecule has 0 radical (unpaired) electrons. The molecular formula is C14H15NO4S. The van der Waals surface area contributed by atoms with Crippen molar-refractivity contribution in [2.24, 2.45) is 0 Å². The second-order valence-corrected chi connectivity index (χ2v) is 6.26. The highest BCUT2D eigenvalue weighted by molar-refractivity contribution is 7.90. The summed E-state index contributed by atoms with van der Waals surface area (Å²) < 4.78 is 25.8. The second kappa shape index (κ2) is 5.92. The minimum atomic E-state index is -3.56. The molecule has 0 aliphatic carbocycles. The molecule has 6 heteroatoms. The monoisotopic (exact) mass is 293 g/mol. The lowest BCUT2D eigenvalue weighted by molar-refractivity contribution is -0.137. The van der Waals surface area contributed by atoms with Crippen LogP contribution in [-0.4, -0.2) is 23.5 Å². The van der Waals surface area contributed by atoms with Gasteiger partial charge in [0.15, 0.2) is 0 Å². The van der Waals surface area contributed by atoms with Gasteiger partial charge in [0, 0.05) is 18.8 Å². The van der Waals surface area contributed by atoms with E-state index in [4.69, 9.17) is 5.11 Å². The number of carbonyl (C=O) groups is 1.